The highest BCUT2D eigenvalue weighted by atomic mass is 35.5. The van der Waals surface area contributed by atoms with E-state index in [9.17, 15) is 9.18 Å². The van der Waals surface area contributed by atoms with Crippen LogP contribution in [0.4, 0.5) is 4.39 Å². The molecule has 0 fully saturated rings. The van der Waals surface area contributed by atoms with Crippen LogP contribution in [0.25, 0.3) is 0 Å². The molecule has 2 aromatic carbocycles. The highest BCUT2D eigenvalue weighted by molar-refractivity contribution is 6.35. The smallest absolute Gasteiger partial charge is 0.141 e. The minimum Gasteiger partial charge on any atom is -0.299 e. The first-order valence-electron chi connectivity index (χ1n) is 5.74. The van der Waals surface area contributed by atoms with Gasteiger partial charge in [-0.15, -0.1) is 0 Å². The third-order valence-electron chi connectivity index (χ3n) is 2.69. The normalized spacial score (nSPS) is 10.5. The van der Waals surface area contributed by atoms with E-state index in [0.29, 0.717) is 15.6 Å². The molecule has 0 atom stereocenters. The lowest BCUT2D eigenvalue weighted by molar-refractivity contribution is -0.117. The van der Waals surface area contributed by atoms with Crippen LogP contribution in [-0.2, 0) is 17.6 Å². The van der Waals surface area contributed by atoms with Gasteiger partial charge in [0.05, 0.1) is 0 Å². The fourth-order valence-corrected chi connectivity index (χ4v) is 2.29. The second kappa shape index (κ2) is 6.18. The molecule has 0 aromatic heterocycles. The lowest BCUT2D eigenvalue weighted by Gasteiger charge is -2.05. The van der Waals surface area contributed by atoms with Crippen LogP contribution >= 0.6 is 23.2 Å². The lowest BCUT2D eigenvalue weighted by Crippen LogP contribution is -2.07. The Kier molecular flexibility index (Phi) is 4.56. The number of hydrogen-bond acceptors (Lipinski definition) is 1. The van der Waals surface area contributed by atoms with Gasteiger partial charge < -0.3 is 0 Å². The first kappa shape index (κ1) is 14.0. The van der Waals surface area contributed by atoms with E-state index in [-0.39, 0.29) is 24.4 Å². The highest BCUT2D eigenvalue weighted by Crippen LogP contribution is 2.21. The molecule has 0 amide bonds. The molecule has 0 spiro atoms. The van der Waals surface area contributed by atoms with E-state index in [0.717, 1.165) is 5.56 Å². The van der Waals surface area contributed by atoms with Gasteiger partial charge >= 0.3 is 0 Å². The van der Waals surface area contributed by atoms with E-state index in [1.54, 1.807) is 30.3 Å². The molecule has 0 aliphatic heterocycles. The summed E-state index contributed by atoms with van der Waals surface area (Å²) in [6.45, 7) is 0. The van der Waals surface area contributed by atoms with E-state index in [1.807, 2.05) is 0 Å². The van der Waals surface area contributed by atoms with Gasteiger partial charge in [-0.3, -0.25) is 4.79 Å². The molecule has 0 unspecified atom stereocenters. The molecule has 0 aliphatic rings. The molecule has 0 heterocycles. The molecule has 0 N–H and O–H groups in total. The number of halogens is 3. The fourth-order valence-electron chi connectivity index (χ4n) is 1.81. The SMILES string of the molecule is O=C(Cc1cccc(F)c1)Cc1ccc(Cl)cc1Cl. The summed E-state index contributed by atoms with van der Waals surface area (Å²) in [5, 5.41) is 1.01. The van der Waals surface area contributed by atoms with Gasteiger partial charge in [0.15, 0.2) is 0 Å². The summed E-state index contributed by atoms with van der Waals surface area (Å²) in [6, 6.07) is 11.1. The maximum Gasteiger partial charge on any atom is 0.141 e. The van der Waals surface area contributed by atoms with Crippen molar-refractivity contribution in [3.63, 3.8) is 0 Å². The highest BCUT2D eigenvalue weighted by Gasteiger charge is 2.09. The van der Waals surface area contributed by atoms with Gasteiger partial charge in [0.1, 0.15) is 11.6 Å². The number of hydrogen-bond donors (Lipinski definition) is 0. The zero-order chi connectivity index (χ0) is 13.8. The predicted molar refractivity (Wildman–Crippen MR) is 75.3 cm³/mol. The Morgan fingerprint density at radius 1 is 1.05 bits per heavy atom. The number of rotatable bonds is 4. The van der Waals surface area contributed by atoms with Gasteiger partial charge in [0, 0.05) is 22.9 Å². The first-order valence-corrected chi connectivity index (χ1v) is 6.50. The van der Waals surface area contributed by atoms with Crippen LogP contribution in [0.2, 0.25) is 10.0 Å². The Morgan fingerprint density at radius 2 is 1.84 bits per heavy atom. The van der Waals surface area contributed by atoms with E-state index >= 15 is 0 Å². The van der Waals surface area contributed by atoms with E-state index in [2.05, 4.69) is 0 Å². The Bertz CT molecular complexity index is 611. The van der Waals surface area contributed by atoms with Gasteiger partial charge in [0.2, 0.25) is 0 Å². The number of ketones is 1. The summed E-state index contributed by atoms with van der Waals surface area (Å²) in [5.74, 6) is -0.357. The van der Waals surface area contributed by atoms with Gasteiger partial charge in [-0.05, 0) is 35.4 Å². The topological polar surface area (TPSA) is 17.1 Å². The second-order valence-electron chi connectivity index (χ2n) is 4.26. The maximum atomic E-state index is 13.0. The number of benzene rings is 2. The standard InChI is InChI=1S/C15H11Cl2FO/c16-12-5-4-11(15(17)9-12)8-14(19)7-10-2-1-3-13(18)6-10/h1-6,9H,7-8H2. The Balaban J connectivity index is 2.05. The number of Topliss-reactive ketones (excluding diaryl/α,β-unsaturated/α-hetero) is 1. The quantitative estimate of drug-likeness (QED) is 0.812. The fraction of sp³-hybridized carbons (Fsp3) is 0.133. The third kappa shape index (κ3) is 4.05. The Hall–Kier alpha value is -1.38. The van der Waals surface area contributed by atoms with Crippen molar-refractivity contribution in [2.24, 2.45) is 0 Å². The molecule has 1 nitrogen and oxygen atoms in total. The van der Waals surface area contributed by atoms with Crippen LogP contribution in [0.15, 0.2) is 42.5 Å². The van der Waals surface area contributed by atoms with Gasteiger partial charge in [-0.2, -0.15) is 0 Å². The third-order valence-corrected chi connectivity index (χ3v) is 3.28. The largest absolute Gasteiger partial charge is 0.299 e. The molecule has 0 saturated heterocycles. The van der Waals surface area contributed by atoms with Crippen LogP contribution in [0.3, 0.4) is 0 Å². The van der Waals surface area contributed by atoms with Crippen LogP contribution in [0.1, 0.15) is 11.1 Å². The molecule has 0 bridgehead atoms. The van der Waals surface area contributed by atoms with Crippen molar-refractivity contribution in [1.29, 1.82) is 0 Å². The average Bonchev–Trinajstić information content (AvgIpc) is 2.33. The molecule has 0 aliphatic carbocycles. The van der Waals surface area contributed by atoms with Gasteiger partial charge in [-0.1, -0.05) is 41.4 Å². The summed E-state index contributed by atoms with van der Waals surface area (Å²) in [7, 11) is 0. The monoisotopic (exact) mass is 296 g/mol. The lowest BCUT2D eigenvalue weighted by atomic mass is 10.0. The molecule has 98 valence electrons. The molecule has 0 radical (unpaired) electrons. The molecular formula is C15H11Cl2FO. The molecule has 19 heavy (non-hydrogen) atoms. The molecular weight excluding hydrogens is 286 g/mol. The van der Waals surface area contributed by atoms with Crippen molar-refractivity contribution in [1.82, 2.24) is 0 Å². The van der Waals surface area contributed by atoms with E-state index in [1.165, 1.54) is 12.1 Å². The summed E-state index contributed by atoms with van der Waals surface area (Å²) < 4.78 is 13.0. The summed E-state index contributed by atoms with van der Waals surface area (Å²) in [5.41, 5.74) is 1.39. The first-order chi connectivity index (χ1) is 9.04. The van der Waals surface area contributed by atoms with Crippen molar-refractivity contribution in [3.8, 4) is 0 Å². The predicted octanol–water partition coefficient (Wildman–Crippen LogP) is 4.49. The van der Waals surface area contributed by atoms with Gasteiger partial charge in [-0.25, -0.2) is 4.39 Å². The molecule has 2 rings (SSSR count). The van der Waals surface area contributed by atoms with E-state index in [4.69, 9.17) is 23.2 Å². The van der Waals surface area contributed by atoms with Crippen LogP contribution in [0.5, 0.6) is 0 Å². The average molecular weight is 297 g/mol. The van der Waals surface area contributed by atoms with Crippen LogP contribution in [0, 0.1) is 5.82 Å². The van der Waals surface area contributed by atoms with Crippen molar-refractivity contribution in [2.45, 2.75) is 12.8 Å². The van der Waals surface area contributed by atoms with Crippen molar-refractivity contribution < 1.29 is 9.18 Å². The number of carbonyl (C=O) groups excluding carboxylic acids is 1. The summed E-state index contributed by atoms with van der Waals surface area (Å²) in [4.78, 5) is 11.9. The zero-order valence-electron chi connectivity index (χ0n) is 10.00. The van der Waals surface area contributed by atoms with E-state index < -0.39 is 0 Å². The maximum absolute atomic E-state index is 13.0. The van der Waals surface area contributed by atoms with Crippen molar-refractivity contribution >= 4 is 29.0 Å². The molecule has 2 aromatic rings. The minimum absolute atomic E-state index is 0.0187. The van der Waals surface area contributed by atoms with Gasteiger partial charge in [0.25, 0.3) is 0 Å². The second-order valence-corrected chi connectivity index (χ2v) is 5.10. The summed E-state index contributed by atoms with van der Waals surface area (Å²) in [6.07, 6.45) is 0.406. The zero-order valence-corrected chi connectivity index (χ0v) is 11.5. The van der Waals surface area contributed by atoms with Crippen molar-refractivity contribution in [3.05, 3.63) is 69.5 Å². The Morgan fingerprint density at radius 3 is 2.53 bits per heavy atom. The van der Waals surface area contributed by atoms with Crippen LogP contribution in [-0.4, -0.2) is 5.78 Å². The van der Waals surface area contributed by atoms with Crippen molar-refractivity contribution in [2.75, 3.05) is 0 Å². The molecule has 0 saturated carbocycles. The van der Waals surface area contributed by atoms with Crippen LogP contribution < -0.4 is 0 Å². The summed E-state index contributed by atoms with van der Waals surface area (Å²) >= 11 is 11.8. The minimum atomic E-state index is -0.338. The number of carbonyl (C=O) groups is 1. The Labute approximate surface area is 121 Å². The molecule has 4 heteroatoms.